The van der Waals surface area contributed by atoms with Crippen LogP contribution < -0.4 is 15.3 Å². The van der Waals surface area contributed by atoms with Crippen LogP contribution in [0.1, 0.15) is 5.56 Å². The maximum Gasteiger partial charge on any atom is 0.262 e. The molecule has 136 valence electrons. The molecule has 0 aliphatic rings. The van der Waals surface area contributed by atoms with Crippen LogP contribution in [0.5, 0.6) is 11.5 Å². The molecule has 0 saturated heterocycles. The van der Waals surface area contributed by atoms with Gasteiger partial charge in [0.25, 0.3) is 5.89 Å². The zero-order valence-corrected chi connectivity index (χ0v) is 14.2. The fourth-order valence-electron chi connectivity index (χ4n) is 2.29. The van der Waals surface area contributed by atoms with E-state index in [1.165, 1.54) is 25.1 Å². The van der Waals surface area contributed by atoms with Crippen LogP contribution in [0.3, 0.4) is 0 Å². The molecule has 1 aromatic carbocycles. The van der Waals surface area contributed by atoms with Crippen molar-refractivity contribution in [3.63, 3.8) is 0 Å². The number of hydrogen-bond donors (Lipinski definition) is 1. The number of benzene rings is 1. The Morgan fingerprint density at radius 3 is 2.70 bits per heavy atom. The average Bonchev–Trinajstić information content (AvgIpc) is 3.47. The summed E-state index contributed by atoms with van der Waals surface area (Å²) in [7, 11) is 1.55. The molecule has 0 aliphatic heterocycles. The zero-order chi connectivity index (χ0) is 18.6. The van der Waals surface area contributed by atoms with Crippen molar-refractivity contribution in [1.82, 2.24) is 10.1 Å². The first-order chi connectivity index (χ1) is 13.2. The number of aromatic nitrogens is 2. The SMILES string of the molecule is COc1ccc(ON=C(N)c2ccoc2)c(-c2nc(-c3ccoc3)no2)c1. The van der Waals surface area contributed by atoms with E-state index in [9.17, 15) is 0 Å². The quantitative estimate of drug-likeness (QED) is 0.313. The van der Waals surface area contributed by atoms with Crippen LogP contribution >= 0.6 is 0 Å². The van der Waals surface area contributed by atoms with Crippen LogP contribution in [0.25, 0.3) is 22.8 Å². The molecule has 4 rings (SSSR count). The molecule has 9 nitrogen and oxygen atoms in total. The Morgan fingerprint density at radius 2 is 1.96 bits per heavy atom. The maximum atomic E-state index is 5.88. The molecule has 4 aromatic rings. The van der Waals surface area contributed by atoms with Gasteiger partial charge in [0.1, 0.15) is 18.3 Å². The molecule has 2 N–H and O–H groups in total. The summed E-state index contributed by atoms with van der Waals surface area (Å²) in [5.41, 5.74) is 7.67. The first-order valence-corrected chi connectivity index (χ1v) is 7.82. The minimum Gasteiger partial charge on any atom is -0.497 e. The summed E-state index contributed by atoms with van der Waals surface area (Å²) in [4.78, 5) is 9.86. The van der Waals surface area contributed by atoms with E-state index in [2.05, 4.69) is 15.3 Å². The number of amidine groups is 1. The Kier molecular flexibility index (Phi) is 4.32. The largest absolute Gasteiger partial charge is 0.497 e. The van der Waals surface area contributed by atoms with E-state index >= 15 is 0 Å². The fourth-order valence-corrected chi connectivity index (χ4v) is 2.29. The van der Waals surface area contributed by atoms with Crippen molar-refractivity contribution in [3.05, 3.63) is 60.9 Å². The summed E-state index contributed by atoms with van der Waals surface area (Å²) in [6.07, 6.45) is 6.00. The lowest BCUT2D eigenvalue weighted by Crippen LogP contribution is -2.13. The number of hydrogen-bond acceptors (Lipinski definition) is 8. The minimum atomic E-state index is 0.162. The van der Waals surface area contributed by atoms with Crippen LogP contribution in [0.4, 0.5) is 0 Å². The van der Waals surface area contributed by atoms with Gasteiger partial charge in [0.2, 0.25) is 5.82 Å². The Morgan fingerprint density at radius 1 is 1.11 bits per heavy atom. The standard InChI is InChI=1S/C18H14N4O5/c1-23-13-2-3-15(26-21-16(19)11-4-6-24-9-11)14(8-13)18-20-17(22-27-18)12-5-7-25-10-12/h2-10H,1H3,(H2,19,21). The maximum absolute atomic E-state index is 5.88. The third-order valence-electron chi connectivity index (χ3n) is 3.68. The Balaban J connectivity index is 1.68. The molecule has 27 heavy (non-hydrogen) atoms. The smallest absolute Gasteiger partial charge is 0.262 e. The van der Waals surface area contributed by atoms with E-state index in [-0.39, 0.29) is 11.7 Å². The number of nitrogens with two attached hydrogens (primary N) is 1. The molecule has 0 saturated carbocycles. The second-order valence-electron chi connectivity index (χ2n) is 5.38. The lowest BCUT2D eigenvalue weighted by Gasteiger charge is -2.07. The second kappa shape index (κ2) is 7.08. The predicted molar refractivity (Wildman–Crippen MR) is 94.0 cm³/mol. The Labute approximate surface area is 153 Å². The fraction of sp³-hybridized carbons (Fsp3) is 0.0556. The topological polar surface area (TPSA) is 122 Å². The molecule has 0 spiro atoms. The lowest BCUT2D eigenvalue weighted by atomic mass is 10.2. The normalized spacial score (nSPS) is 11.5. The minimum absolute atomic E-state index is 0.162. The third kappa shape index (κ3) is 3.38. The highest BCUT2D eigenvalue weighted by atomic mass is 16.6. The van der Waals surface area contributed by atoms with E-state index < -0.39 is 0 Å². The van der Waals surface area contributed by atoms with Gasteiger partial charge in [-0.2, -0.15) is 4.98 Å². The van der Waals surface area contributed by atoms with Crippen LogP contribution in [-0.2, 0) is 0 Å². The van der Waals surface area contributed by atoms with Gasteiger partial charge >= 0.3 is 0 Å². The molecule has 0 radical (unpaired) electrons. The van der Waals surface area contributed by atoms with Gasteiger partial charge in [0.05, 0.1) is 36.3 Å². The van der Waals surface area contributed by atoms with Gasteiger partial charge in [-0.15, -0.1) is 0 Å². The zero-order valence-electron chi connectivity index (χ0n) is 14.2. The van der Waals surface area contributed by atoms with Crippen LogP contribution in [-0.4, -0.2) is 23.1 Å². The molecule has 0 unspecified atom stereocenters. The van der Waals surface area contributed by atoms with Crippen molar-refractivity contribution in [2.45, 2.75) is 0 Å². The number of ether oxygens (including phenoxy) is 1. The van der Waals surface area contributed by atoms with Gasteiger partial charge in [0.15, 0.2) is 11.6 Å². The molecule has 0 amide bonds. The lowest BCUT2D eigenvalue weighted by molar-refractivity contribution is 0.338. The van der Waals surface area contributed by atoms with E-state index in [1.54, 1.807) is 37.4 Å². The highest BCUT2D eigenvalue weighted by molar-refractivity contribution is 5.96. The van der Waals surface area contributed by atoms with E-state index in [0.29, 0.717) is 34.0 Å². The highest BCUT2D eigenvalue weighted by Crippen LogP contribution is 2.34. The monoisotopic (exact) mass is 366 g/mol. The van der Waals surface area contributed by atoms with Crippen LogP contribution in [0.15, 0.2) is 73.9 Å². The summed E-state index contributed by atoms with van der Waals surface area (Å²) >= 11 is 0. The van der Waals surface area contributed by atoms with E-state index in [0.717, 1.165) is 0 Å². The number of nitrogens with zero attached hydrogens (tertiary/aromatic N) is 3. The first kappa shape index (κ1) is 16.5. The van der Waals surface area contributed by atoms with Crippen molar-refractivity contribution >= 4 is 5.84 Å². The van der Waals surface area contributed by atoms with Gasteiger partial charge in [-0.05, 0) is 30.3 Å². The van der Waals surface area contributed by atoms with Gasteiger partial charge in [-0.3, -0.25) is 0 Å². The molecular formula is C18H14N4O5. The van der Waals surface area contributed by atoms with Crippen LogP contribution in [0, 0.1) is 0 Å². The molecule has 0 aliphatic carbocycles. The van der Waals surface area contributed by atoms with Crippen molar-refractivity contribution in [1.29, 1.82) is 0 Å². The molecule has 0 atom stereocenters. The number of furan rings is 2. The predicted octanol–water partition coefficient (Wildman–Crippen LogP) is 3.30. The second-order valence-corrected chi connectivity index (χ2v) is 5.38. The summed E-state index contributed by atoms with van der Waals surface area (Å²) < 4.78 is 20.6. The van der Waals surface area contributed by atoms with Crippen molar-refractivity contribution in [2.24, 2.45) is 10.9 Å². The Bertz CT molecular complexity index is 1050. The van der Waals surface area contributed by atoms with Crippen LogP contribution in [0.2, 0.25) is 0 Å². The molecular weight excluding hydrogens is 352 g/mol. The molecule has 0 fully saturated rings. The number of methoxy groups -OCH3 is 1. The molecule has 3 heterocycles. The van der Waals surface area contributed by atoms with Crippen molar-refractivity contribution in [3.8, 4) is 34.3 Å². The molecule has 9 heteroatoms. The average molecular weight is 366 g/mol. The van der Waals surface area contributed by atoms with Crippen molar-refractivity contribution < 1.29 is 22.9 Å². The Hall–Kier alpha value is -4.01. The summed E-state index contributed by atoms with van der Waals surface area (Å²) in [5, 5.41) is 7.88. The van der Waals surface area contributed by atoms with E-state index in [1.807, 2.05) is 0 Å². The third-order valence-corrected chi connectivity index (χ3v) is 3.68. The van der Waals surface area contributed by atoms with Crippen molar-refractivity contribution in [2.75, 3.05) is 7.11 Å². The van der Waals surface area contributed by atoms with E-state index in [4.69, 9.17) is 28.7 Å². The molecule has 3 aromatic heterocycles. The first-order valence-electron chi connectivity index (χ1n) is 7.82. The van der Waals surface area contributed by atoms with Gasteiger partial charge < -0.3 is 28.7 Å². The summed E-state index contributed by atoms with van der Waals surface area (Å²) in [6, 6.07) is 8.49. The summed E-state index contributed by atoms with van der Waals surface area (Å²) in [5.74, 6) is 1.73. The van der Waals surface area contributed by atoms with Gasteiger partial charge in [-0.1, -0.05) is 10.3 Å². The number of rotatable bonds is 6. The molecule has 0 bridgehead atoms. The summed E-state index contributed by atoms with van der Waals surface area (Å²) in [6.45, 7) is 0. The number of oxime groups is 1. The van der Waals surface area contributed by atoms with Gasteiger partial charge in [0, 0.05) is 0 Å². The van der Waals surface area contributed by atoms with Gasteiger partial charge in [-0.25, -0.2) is 0 Å². The highest BCUT2D eigenvalue weighted by Gasteiger charge is 2.17.